The number of carbonyl (C=O) groups excluding carboxylic acids is 2. The van der Waals surface area contributed by atoms with E-state index in [1.165, 1.54) is 0 Å². The van der Waals surface area contributed by atoms with Crippen LogP contribution in [0.1, 0.15) is 22.8 Å². The number of benzene rings is 1. The normalized spacial score (nSPS) is 19.5. The van der Waals surface area contributed by atoms with Gasteiger partial charge < -0.3 is 5.73 Å². The molecule has 1 aromatic carbocycles. The summed E-state index contributed by atoms with van der Waals surface area (Å²) >= 11 is 0. The Balaban J connectivity index is 2.28. The van der Waals surface area contributed by atoms with Gasteiger partial charge in [0.05, 0.1) is 5.71 Å². The Morgan fingerprint density at radius 2 is 1.88 bits per heavy atom. The van der Waals surface area contributed by atoms with Crippen LogP contribution < -0.4 is 5.73 Å². The third-order valence-electron chi connectivity index (χ3n) is 2.67. The summed E-state index contributed by atoms with van der Waals surface area (Å²) in [6.07, 6.45) is 0. The van der Waals surface area contributed by atoms with Gasteiger partial charge in [0.15, 0.2) is 0 Å². The average molecular weight is 231 g/mol. The number of imide groups is 1. The summed E-state index contributed by atoms with van der Waals surface area (Å²) in [5, 5.41) is 4.71. The standard InChI is InChI=1S/C12H13N3O2/c1-7-3-5-9(6-4-7)11(16)15-12(17)10(13)8(2)14-15/h3-6,10H,13H2,1-2H3. The van der Waals surface area contributed by atoms with Crippen LogP contribution in [0.4, 0.5) is 0 Å². The fraction of sp³-hybridized carbons (Fsp3) is 0.250. The molecule has 1 heterocycles. The summed E-state index contributed by atoms with van der Waals surface area (Å²) in [4.78, 5) is 23.7. The Hall–Kier alpha value is -2.01. The lowest BCUT2D eigenvalue weighted by atomic mass is 10.1. The molecular weight excluding hydrogens is 218 g/mol. The smallest absolute Gasteiger partial charge is 0.281 e. The first-order valence-electron chi connectivity index (χ1n) is 5.26. The van der Waals surface area contributed by atoms with E-state index in [1.54, 1.807) is 19.1 Å². The molecule has 88 valence electrons. The van der Waals surface area contributed by atoms with Gasteiger partial charge in [-0.05, 0) is 26.0 Å². The first-order chi connectivity index (χ1) is 8.00. The molecule has 1 aliphatic rings. The zero-order chi connectivity index (χ0) is 12.6. The highest BCUT2D eigenvalue weighted by Gasteiger charge is 2.34. The molecule has 0 aromatic heterocycles. The van der Waals surface area contributed by atoms with Crippen LogP contribution in [-0.4, -0.2) is 28.6 Å². The zero-order valence-electron chi connectivity index (χ0n) is 9.68. The maximum atomic E-state index is 12.0. The first kappa shape index (κ1) is 11.5. The molecule has 5 heteroatoms. The molecule has 17 heavy (non-hydrogen) atoms. The second kappa shape index (κ2) is 4.10. The lowest BCUT2D eigenvalue weighted by Crippen LogP contribution is -2.40. The average Bonchev–Trinajstić information content (AvgIpc) is 2.57. The van der Waals surface area contributed by atoms with Crippen molar-refractivity contribution in [1.29, 1.82) is 0 Å². The van der Waals surface area contributed by atoms with E-state index < -0.39 is 17.9 Å². The lowest BCUT2D eigenvalue weighted by Gasteiger charge is -2.10. The minimum atomic E-state index is -0.801. The van der Waals surface area contributed by atoms with E-state index in [0.717, 1.165) is 10.6 Å². The second-order valence-electron chi connectivity index (χ2n) is 4.04. The van der Waals surface area contributed by atoms with Gasteiger partial charge in [0, 0.05) is 5.56 Å². The van der Waals surface area contributed by atoms with Crippen molar-refractivity contribution in [3.05, 3.63) is 35.4 Å². The van der Waals surface area contributed by atoms with Gasteiger partial charge in [0.2, 0.25) is 0 Å². The van der Waals surface area contributed by atoms with Crippen LogP contribution in [0.3, 0.4) is 0 Å². The van der Waals surface area contributed by atoms with E-state index in [4.69, 9.17) is 5.73 Å². The number of carbonyl (C=O) groups is 2. The summed E-state index contributed by atoms with van der Waals surface area (Å²) in [6, 6.07) is 6.15. The Bertz CT molecular complexity index is 505. The highest BCUT2D eigenvalue weighted by molar-refractivity contribution is 6.18. The van der Waals surface area contributed by atoms with Crippen LogP contribution in [0.15, 0.2) is 29.4 Å². The molecule has 0 saturated carbocycles. The Labute approximate surface area is 98.9 Å². The number of aryl methyl sites for hydroxylation is 1. The summed E-state index contributed by atoms with van der Waals surface area (Å²) in [7, 11) is 0. The van der Waals surface area contributed by atoms with E-state index in [-0.39, 0.29) is 0 Å². The lowest BCUT2D eigenvalue weighted by molar-refractivity contribution is -0.127. The van der Waals surface area contributed by atoms with Crippen molar-refractivity contribution in [1.82, 2.24) is 5.01 Å². The van der Waals surface area contributed by atoms with E-state index in [9.17, 15) is 9.59 Å². The molecule has 1 aliphatic heterocycles. The molecule has 2 N–H and O–H groups in total. The fourth-order valence-corrected chi connectivity index (χ4v) is 1.54. The van der Waals surface area contributed by atoms with Gasteiger partial charge in [-0.2, -0.15) is 10.1 Å². The van der Waals surface area contributed by atoms with Crippen molar-refractivity contribution >= 4 is 17.5 Å². The van der Waals surface area contributed by atoms with Gasteiger partial charge in [-0.1, -0.05) is 17.7 Å². The van der Waals surface area contributed by atoms with Crippen molar-refractivity contribution in [3.63, 3.8) is 0 Å². The number of amides is 2. The Morgan fingerprint density at radius 1 is 1.29 bits per heavy atom. The van der Waals surface area contributed by atoms with Crippen molar-refractivity contribution in [2.75, 3.05) is 0 Å². The van der Waals surface area contributed by atoms with Crippen molar-refractivity contribution in [2.24, 2.45) is 10.8 Å². The van der Waals surface area contributed by atoms with Gasteiger partial charge in [0.25, 0.3) is 11.8 Å². The number of rotatable bonds is 1. The van der Waals surface area contributed by atoms with Crippen LogP contribution in [0.2, 0.25) is 0 Å². The van der Waals surface area contributed by atoms with Crippen molar-refractivity contribution in [2.45, 2.75) is 19.9 Å². The Kier molecular flexibility index (Phi) is 2.77. The maximum absolute atomic E-state index is 12.0. The maximum Gasteiger partial charge on any atom is 0.281 e. The molecule has 2 amide bonds. The summed E-state index contributed by atoms with van der Waals surface area (Å²) in [5.74, 6) is -0.921. The van der Waals surface area contributed by atoms with Gasteiger partial charge in [-0.25, -0.2) is 0 Å². The molecule has 0 radical (unpaired) electrons. The van der Waals surface area contributed by atoms with E-state index in [2.05, 4.69) is 5.10 Å². The molecule has 0 aliphatic carbocycles. The molecular formula is C12H13N3O2. The molecule has 2 rings (SSSR count). The molecule has 1 atom stereocenters. The van der Waals surface area contributed by atoms with E-state index >= 15 is 0 Å². The largest absolute Gasteiger partial charge is 0.315 e. The number of hydrogen-bond acceptors (Lipinski definition) is 4. The zero-order valence-corrected chi connectivity index (χ0v) is 9.68. The van der Waals surface area contributed by atoms with E-state index in [0.29, 0.717) is 11.3 Å². The minimum absolute atomic E-state index is 0.426. The summed E-state index contributed by atoms with van der Waals surface area (Å²) in [6.45, 7) is 3.55. The quantitative estimate of drug-likeness (QED) is 0.722. The number of nitrogens with zero attached hydrogens (tertiary/aromatic N) is 2. The molecule has 0 fully saturated rings. The summed E-state index contributed by atoms with van der Waals surface area (Å²) in [5.41, 5.74) is 7.50. The van der Waals surface area contributed by atoms with Crippen LogP contribution in [-0.2, 0) is 4.79 Å². The third-order valence-corrected chi connectivity index (χ3v) is 2.67. The second-order valence-corrected chi connectivity index (χ2v) is 4.04. The van der Waals surface area contributed by atoms with Crippen LogP contribution in [0.5, 0.6) is 0 Å². The van der Waals surface area contributed by atoms with E-state index in [1.807, 2.05) is 19.1 Å². The van der Waals surface area contributed by atoms with Crippen LogP contribution in [0.25, 0.3) is 0 Å². The predicted octanol–water partition coefficient (Wildman–Crippen LogP) is 0.681. The fourth-order valence-electron chi connectivity index (χ4n) is 1.54. The summed E-state index contributed by atoms with van der Waals surface area (Å²) < 4.78 is 0. The predicted molar refractivity (Wildman–Crippen MR) is 63.4 cm³/mol. The molecule has 0 spiro atoms. The monoisotopic (exact) mass is 231 g/mol. The van der Waals surface area contributed by atoms with Crippen molar-refractivity contribution < 1.29 is 9.59 Å². The number of hydrazone groups is 1. The molecule has 0 saturated heterocycles. The number of nitrogens with two attached hydrogens (primary N) is 1. The molecule has 1 unspecified atom stereocenters. The molecule has 5 nitrogen and oxygen atoms in total. The molecule has 1 aromatic rings. The van der Waals surface area contributed by atoms with Gasteiger partial charge in [-0.15, -0.1) is 0 Å². The van der Waals surface area contributed by atoms with Crippen LogP contribution in [0, 0.1) is 6.92 Å². The highest BCUT2D eigenvalue weighted by atomic mass is 16.2. The van der Waals surface area contributed by atoms with Crippen LogP contribution >= 0.6 is 0 Å². The Morgan fingerprint density at radius 3 is 2.35 bits per heavy atom. The van der Waals surface area contributed by atoms with Gasteiger partial charge in [0.1, 0.15) is 6.04 Å². The van der Waals surface area contributed by atoms with Crippen molar-refractivity contribution in [3.8, 4) is 0 Å². The minimum Gasteiger partial charge on any atom is -0.315 e. The third kappa shape index (κ3) is 1.97. The first-order valence-corrected chi connectivity index (χ1v) is 5.26. The number of hydrogen-bond donors (Lipinski definition) is 1. The topological polar surface area (TPSA) is 75.8 Å². The SMILES string of the molecule is CC1=NN(C(=O)c2ccc(C)cc2)C(=O)C1N. The van der Waals surface area contributed by atoms with Gasteiger partial charge in [-0.3, -0.25) is 9.59 Å². The highest BCUT2D eigenvalue weighted by Crippen LogP contribution is 2.13. The van der Waals surface area contributed by atoms with Gasteiger partial charge >= 0.3 is 0 Å². The molecule has 0 bridgehead atoms.